The Hall–Kier alpha value is -0.0500. The highest BCUT2D eigenvalue weighted by Crippen LogP contribution is 2.41. The molecule has 0 N–H and O–H groups in total. The Morgan fingerprint density at radius 3 is 2.40 bits per heavy atom. The maximum absolute atomic E-state index is 10.9. The van der Waals surface area contributed by atoms with E-state index >= 15 is 0 Å². The maximum atomic E-state index is 10.9. The van der Waals surface area contributed by atoms with E-state index in [1.807, 2.05) is 0 Å². The van der Waals surface area contributed by atoms with Crippen LogP contribution in [0.15, 0.2) is 0 Å². The van der Waals surface area contributed by atoms with Crippen molar-refractivity contribution >= 4 is 21.9 Å². The summed E-state index contributed by atoms with van der Waals surface area (Å²) in [5, 5.41) is 10.9. The zero-order valence-corrected chi connectivity index (χ0v) is 11.3. The van der Waals surface area contributed by atoms with E-state index < -0.39 is 10.8 Å². The molecule has 0 spiro atoms. The predicted octanol–water partition coefficient (Wildman–Crippen LogP) is 2.21. The molecule has 0 bridgehead atoms. The quantitative estimate of drug-likeness (QED) is 0.741. The molecule has 0 radical (unpaired) electrons. The van der Waals surface area contributed by atoms with E-state index in [0.29, 0.717) is 17.8 Å². The molecule has 1 fully saturated rings. The van der Waals surface area contributed by atoms with Crippen LogP contribution in [-0.2, 0) is 4.79 Å². The SMILES string of the molecule is CC1CCC(C(C)C)C(C(Br)C(=O)[O-])C1. The van der Waals surface area contributed by atoms with Crippen LogP contribution in [-0.4, -0.2) is 10.8 Å². The van der Waals surface area contributed by atoms with Gasteiger partial charge in [-0.05, 0) is 36.5 Å². The van der Waals surface area contributed by atoms with Crippen LogP contribution < -0.4 is 5.11 Å². The maximum Gasteiger partial charge on any atom is 0.0572 e. The number of carbonyl (C=O) groups is 1. The van der Waals surface area contributed by atoms with Gasteiger partial charge in [0.25, 0.3) is 0 Å². The number of carbonyl (C=O) groups excluding carboxylic acids is 1. The van der Waals surface area contributed by atoms with Gasteiger partial charge < -0.3 is 9.90 Å². The third-order valence-electron chi connectivity index (χ3n) is 3.67. The zero-order chi connectivity index (χ0) is 11.6. The Labute approximate surface area is 101 Å². The van der Waals surface area contributed by atoms with Crippen molar-refractivity contribution in [3.8, 4) is 0 Å². The van der Waals surface area contributed by atoms with E-state index in [4.69, 9.17) is 0 Å². The second-order valence-electron chi connectivity index (χ2n) is 5.21. The minimum absolute atomic E-state index is 0.235. The van der Waals surface area contributed by atoms with Crippen LogP contribution in [0.3, 0.4) is 0 Å². The fourth-order valence-electron chi connectivity index (χ4n) is 2.79. The van der Waals surface area contributed by atoms with Crippen molar-refractivity contribution in [1.29, 1.82) is 0 Å². The van der Waals surface area contributed by atoms with Crippen molar-refractivity contribution in [2.75, 3.05) is 0 Å². The summed E-state index contributed by atoms with van der Waals surface area (Å²) in [6, 6.07) is 0. The molecule has 0 aromatic heterocycles. The monoisotopic (exact) mass is 275 g/mol. The molecule has 4 atom stereocenters. The minimum atomic E-state index is -0.959. The molecule has 0 aromatic carbocycles. The van der Waals surface area contributed by atoms with E-state index in [2.05, 4.69) is 36.7 Å². The third-order valence-corrected chi connectivity index (χ3v) is 4.73. The molecule has 4 unspecified atom stereocenters. The van der Waals surface area contributed by atoms with Gasteiger partial charge in [0.15, 0.2) is 0 Å². The summed E-state index contributed by atoms with van der Waals surface area (Å²) in [4.78, 5) is 10.4. The van der Waals surface area contributed by atoms with Gasteiger partial charge in [0.2, 0.25) is 0 Å². The molecule has 0 saturated heterocycles. The molecule has 0 aliphatic heterocycles. The van der Waals surface area contributed by atoms with Crippen LogP contribution in [0.2, 0.25) is 0 Å². The van der Waals surface area contributed by atoms with Gasteiger partial charge in [-0.25, -0.2) is 0 Å². The number of carboxylic acid groups (broad SMARTS) is 1. The highest BCUT2D eigenvalue weighted by molar-refractivity contribution is 9.10. The summed E-state index contributed by atoms with van der Waals surface area (Å²) in [7, 11) is 0. The Morgan fingerprint density at radius 2 is 1.93 bits per heavy atom. The van der Waals surface area contributed by atoms with Gasteiger partial charge >= 0.3 is 0 Å². The van der Waals surface area contributed by atoms with Crippen molar-refractivity contribution in [1.82, 2.24) is 0 Å². The smallest absolute Gasteiger partial charge is 0.0572 e. The van der Waals surface area contributed by atoms with Crippen molar-refractivity contribution < 1.29 is 9.90 Å². The van der Waals surface area contributed by atoms with Gasteiger partial charge in [0, 0.05) is 0 Å². The lowest BCUT2D eigenvalue weighted by molar-refractivity contribution is -0.306. The van der Waals surface area contributed by atoms with E-state index in [1.54, 1.807) is 0 Å². The molecule has 0 aromatic rings. The fourth-order valence-corrected chi connectivity index (χ4v) is 3.40. The summed E-state index contributed by atoms with van der Waals surface area (Å²) in [6.07, 6.45) is 3.39. The standard InChI is InChI=1S/C12H21BrO2/c1-7(2)9-5-4-8(3)6-10(9)11(13)12(14)15/h7-11H,4-6H2,1-3H3,(H,14,15)/p-1. The largest absolute Gasteiger partial charge is 0.549 e. The van der Waals surface area contributed by atoms with E-state index in [-0.39, 0.29) is 5.92 Å². The molecule has 3 heteroatoms. The van der Waals surface area contributed by atoms with E-state index in [9.17, 15) is 9.90 Å². The Balaban J connectivity index is 2.74. The molecule has 1 aliphatic rings. The lowest BCUT2D eigenvalue weighted by Crippen LogP contribution is -2.42. The first-order valence-corrected chi connectivity index (χ1v) is 6.70. The number of carboxylic acids is 1. The average molecular weight is 276 g/mol. The molecule has 1 rings (SSSR count). The number of aliphatic carboxylic acids is 1. The van der Waals surface area contributed by atoms with Gasteiger partial charge in [0.05, 0.1) is 10.8 Å². The molecule has 88 valence electrons. The molecule has 0 heterocycles. The number of rotatable bonds is 3. The summed E-state index contributed by atoms with van der Waals surface area (Å²) in [5.74, 6) is 0.994. The molecule has 1 saturated carbocycles. The highest BCUT2D eigenvalue weighted by Gasteiger charge is 2.35. The van der Waals surface area contributed by atoms with Crippen LogP contribution in [0.25, 0.3) is 0 Å². The van der Waals surface area contributed by atoms with Crippen LogP contribution >= 0.6 is 15.9 Å². The van der Waals surface area contributed by atoms with Gasteiger partial charge in [-0.2, -0.15) is 0 Å². The predicted molar refractivity (Wildman–Crippen MR) is 62.6 cm³/mol. The van der Waals surface area contributed by atoms with E-state index in [0.717, 1.165) is 12.8 Å². The second-order valence-corrected chi connectivity index (χ2v) is 6.20. The van der Waals surface area contributed by atoms with Gasteiger partial charge in [-0.3, -0.25) is 0 Å². The summed E-state index contributed by atoms with van der Waals surface area (Å²) >= 11 is 3.28. The first-order valence-electron chi connectivity index (χ1n) is 5.78. The average Bonchev–Trinajstić information content (AvgIpc) is 2.15. The summed E-state index contributed by atoms with van der Waals surface area (Å²) < 4.78 is 0. The van der Waals surface area contributed by atoms with Crippen LogP contribution in [0.5, 0.6) is 0 Å². The highest BCUT2D eigenvalue weighted by atomic mass is 79.9. The Morgan fingerprint density at radius 1 is 1.33 bits per heavy atom. The lowest BCUT2D eigenvalue weighted by atomic mass is 9.69. The Bertz CT molecular complexity index is 228. The van der Waals surface area contributed by atoms with Gasteiger partial charge in [-0.15, -0.1) is 0 Å². The molecular formula is C12H20BrO2-. The second kappa shape index (κ2) is 5.33. The normalized spacial score (nSPS) is 34.1. The van der Waals surface area contributed by atoms with Gasteiger partial charge in [-0.1, -0.05) is 43.1 Å². The first kappa shape index (κ1) is 13.0. The molecule has 0 amide bonds. The number of hydrogen-bond donors (Lipinski definition) is 0. The lowest BCUT2D eigenvalue weighted by Gasteiger charge is -2.40. The molecule has 1 aliphatic carbocycles. The fraction of sp³-hybridized carbons (Fsp3) is 0.917. The van der Waals surface area contributed by atoms with Crippen LogP contribution in [0.1, 0.15) is 40.0 Å². The van der Waals surface area contributed by atoms with Crippen LogP contribution in [0, 0.1) is 23.7 Å². The topological polar surface area (TPSA) is 40.1 Å². The van der Waals surface area contributed by atoms with Crippen LogP contribution in [0.4, 0.5) is 0 Å². The van der Waals surface area contributed by atoms with Crippen molar-refractivity contribution in [3.63, 3.8) is 0 Å². The third kappa shape index (κ3) is 3.20. The van der Waals surface area contributed by atoms with E-state index in [1.165, 1.54) is 6.42 Å². The summed E-state index contributed by atoms with van der Waals surface area (Å²) in [6.45, 7) is 6.57. The van der Waals surface area contributed by atoms with Gasteiger partial charge in [0.1, 0.15) is 0 Å². The summed E-state index contributed by atoms with van der Waals surface area (Å²) in [5.41, 5.74) is 0. The molecular weight excluding hydrogens is 256 g/mol. The minimum Gasteiger partial charge on any atom is -0.549 e. The van der Waals surface area contributed by atoms with Crippen molar-refractivity contribution in [3.05, 3.63) is 0 Å². The first-order chi connectivity index (χ1) is 6.93. The molecule has 2 nitrogen and oxygen atoms in total. The molecule has 15 heavy (non-hydrogen) atoms. The van der Waals surface area contributed by atoms with Crippen molar-refractivity contribution in [2.45, 2.75) is 44.9 Å². The Kier molecular flexibility index (Phi) is 4.63. The van der Waals surface area contributed by atoms with Crippen molar-refractivity contribution in [2.24, 2.45) is 23.7 Å². The number of alkyl halides is 1. The number of halogens is 1. The number of hydrogen-bond acceptors (Lipinski definition) is 2. The zero-order valence-electron chi connectivity index (χ0n) is 9.70.